The van der Waals surface area contributed by atoms with Gasteiger partial charge in [0.15, 0.2) is 0 Å². The third-order valence-corrected chi connectivity index (χ3v) is 5.25. The van der Waals surface area contributed by atoms with Crippen molar-refractivity contribution in [3.05, 3.63) is 68.8 Å². The van der Waals surface area contributed by atoms with Crippen LogP contribution in [0.4, 0.5) is 0 Å². The zero-order chi connectivity index (χ0) is 15.2. The van der Waals surface area contributed by atoms with Gasteiger partial charge in [-0.1, -0.05) is 24.3 Å². The summed E-state index contributed by atoms with van der Waals surface area (Å²) in [7, 11) is 1.71. The van der Waals surface area contributed by atoms with Crippen LogP contribution >= 0.6 is 22.7 Å². The lowest BCUT2D eigenvalue weighted by Gasteiger charge is -2.17. The topological polar surface area (TPSA) is 34.1 Å². The first-order valence-corrected chi connectivity index (χ1v) is 8.90. The number of aromatic nitrogens is 1. The number of benzene rings is 1. The molecule has 0 spiro atoms. The fourth-order valence-corrected chi connectivity index (χ4v) is 3.83. The molecule has 0 saturated carbocycles. The van der Waals surface area contributed by atoms with Gasteiger partial charge in [0.1, 0.15) is 10.8 Å². The highest BCUT2D eigenvalue weighted by molar-refractivity contribution is 7.10. The summed E-state index contributed by atoms with van der Waals surface area (Å²) in [6, 6.07) is 12.6. The zero-order valence-corrected chi connectivity index (χ0v) is 14.0. The molecule has 0 unspecified atom stereocenters. The fraction of sp³-hybridized carbons (Fsp3) is 0.235. The molecule has 0 aliphatic carbocycles. The molecule has 0 fully saturated rings. The lowest BCUT2D eigenvalue weighted by atomic mass is 10.1. The van der Waals surface area contributed by atoms with Gasteiger partial charge in [0.2, 0.25) is 0 Å². The lowest BCUT2D eigenvalue weighted by molar-refractivity contribution is 0.405. The Hall–Kier alpha value is -1.69. The SMILES string of the molecule is COc1ccccc1CN[C@H](Cc1cccs1)c1nccs1. The lowest BCUT2D eigenvalue weighted by Crippen LogP contribution is -2.22. The van der Waals surface area contributed by atoms with E-state index in [9.17, 15) is 0 Å². The highest BCUT2D eigenvalue weighted by atomic mass is 32.1. The Labute approximate surface area is 138 Å². The van der Waals surface area contributed by atoms with E-state index in [4.69, 9.17) is 4.74 Å². The van der Waals surface area contributed by atoms with Crippen LogP contribution in [0.1, 0.15) is 21.5 Å². The molecule has 2 aromatic heterocycles. The molecule has 1 atom stereocenters. The van der Waals surface area contributed by atoms with Crippen LogP contribution in [0, 0.1) is 0 Å². The van der Waals surface area contributed by atoms with Gasteiger partial charge in [-0.25, -0.2) is 4.98 Å². The van der Waals surface area contributed by atoms with E-state index in [-0.39, 0.29) is 6.04 Å². The monoisotopic (exact) mass is 330 g/mol. The molecule has 1 aromatic carbocycles. The van der Waals surface area contributed by atoms with Gasteiger partial charge in [-0.05, 0) is 17.5 Å². The molecule has 5 heteroatoms. The van der Waals surface area contributed by atoms with Crippen molar-refractivity contribution in [1.82, 2.24) is 10.3 Å². The first kappa shape index (κ1) is 15.2. The van der Waals surface area contributed by atoms with E-state index in [1.54, 1.807) is 29.8 Å². The van der Waals surface area contributed by atoms with E-state index in [0.717, 1.165) is 29.3 Å². The fourth-order valence-electron chi connectivity index (χ4n) is 2.37. The summed E-state index contributed by atoms with van der Waals surface area (Å²) in [6.45, 7) is 0.764. The molecule has 0 saturated heterocycles. The molecule has 0 bridgehead atoms. The minimum absolute atomic E-state index is 0.226. The Morgan fingerprint density at radius 3 is 2.77 bits per heavy atom. The van der Waals surface area contributed by atoms with Gasteiger partial charge < -0.3 is 10.1 Å². The second-order valence-electron chi connectivity index (χ2n) is 4.90. The van der Waals surface area contributed by atoms with Gasteiger partial charge >= 0.3 is 0 Å². The maximum absolute atomic E-state index is 5.42. The summed E-state index contributed by atoms with van der Waals surface area (Å²) in [5.74, 6) is 0.920. The molecule has 3 rings (SSSR count). The summed E-state index contributed by atoms with van der Waals surface area (Å²) < 4.78 is 5.42. The van der Waals surface area contributed by atoms with Crippen LogP contribution in [0.2, 0.25) is 0 Å². The van der Waals surface area contributed by atoms with Crippen LogP contribution in [0.5, 0.6) is 5.75 Å². The van der Waals surface area contributed by atoms with Gasteiger partial charge in [0.25, 0.3) is 0 Å². The van der Waals surface area contributed by atoms with Gasteiger partial charge in [-0.3, -0.25) is 0 Å². The van der Waals surface area contributed by atoms with E-state index < -0.39 is 0 Å². The minimum Gasteiger partial charge on any atom is -0.496 e. The van der Waals surface area contributed by atoms with Gasteiger partial charge in [-0.15, -0.1) is 22.7 Å². The number of para-hydroxylation sites is 1. The molecule has 1 N–H and O–H groups in total. The first-order chi connectivity index (χ1) is 10.9. The largest absolute Gasteiger partial charge is 0.496 e. The number of thiazole rings is 1. The quantitative estimate of drug-likeness (QED) is 0.702. The van der Waals surface area contributed by atoms with Crippen molar-refractivity contribution < 1.29 is 4.74 Å². The summed E-state index contributed by atoms with van der Waals surface area (Å²) >= 11 is 3.49. The molecule has 22 heavy (non-hydrogen) atoms. The van der Waals surface area contributed by atoms with Gasteiger partial charge in [-0.2, -0.15) is 0 Å². The maximum Gasteiger partial charge on any atom is 0.123 e. The number of thiophene rings is 1. The van der Waals surface area contributed by atoms with E-state index in [1.165, 1.54) is 4.88 Å². The third kappa shape index (κ3) is 3.74. The number of nitrogens with one attached hydrogen (secondary N) is 1. The second-order valence-corrected chi connectivity index (χ2v) is 6.86. The van der Waals surface area contributed by atoms with Crippen LogP contribution in [-0.2, 0) is 13.0 Å². The number of ether oxygens (including phenoxy) is 1. The highest BCUT2D eigenvalue weighted by Crippen LogP contribution is 2.24. The number of hydrogen-bond acceptors (Lipinski definition) is 5. The second kappa shape index (κ2) is 7.54. The normalized spacial score (nSPS) is 12.2. The predicted octanol–water partition coefficient (Wildman–Crippen LogP) is 4.29. The Kier molecular flexibility index (Phi) is 5.21. The molecular weight excluding hydrogens is 312 g/mol. The number of methoxy groups -OCH3 is 1. The Balaban J connectivity index is 1.73. The maximum atomic E-state index is 5.42. The number of nitrogens with zero attached hydrogens (tertiary/aromatic N) is 1. The summed E-state index contributed by atoms with van der Waals surface area (Å²) in [6.07, 6.45) is 2.83. The molecular formula is C17H18N2OS2. The zero-order valence-electron chi connectivity index (χ0n) is 12.4. The molecule has 3 nitrogen and oxygen atoms in total. The van der Waals surface area contributed by atoms with E-state index in [2.05, 4.69) is 33.9 Å². The minimum atomic E-state index is 0.226. The Morgan fingerprint density at radius 2 is 2.05 bits per heavy atom. The first-order valence-electron chi connectivity index (χ1n) is 7.14. The van der Waals surface area contributed by atoms with Crippen LogP contribution in [0.25, 0.3) is 0 Å². The van der Waals surface area contributed by atoms with Crippen molar-refractivity contribution in [1.29, 1.82) is 0 Å². The molecule has 114 valence electrons. The standard InChI is InChI=1S/C17H18N2OS2/c1-20-16-7-3-2-5-13(16)12-19-15(17-18-8-10-22-17)11-14-6-4-9-21-14/h2-10,15,19H,11-12H2,1H3/t15-/m1/s1. The van der Waals surface area contributed by atoms with Crippen molar-refractivity contribution in [2.45, 2.75) is 19.0 Å². The average Bonchev–Trinajstić information content (AvgIpc) is 3.25. The van der Waals surface area contributed by atoms with Gasteiger partial charge in [0, 0.05) is 35.0 Å². The predicted molar refractivity (Wildman–Crippen MR) is 92.7 cm³/mol. The molecule has 2 heterocycles. The summed E-state index contributed by atoms with van der Waals surface area (Å²) in [5.41, 5.74) is 1.16. The Bertz CT molecular complexity index is 681. The molecule has 0 radical (unpaired) electrons. The van der Waals surface area contributed by atoms with Crippen molar-refractivity contribution in [3.63, 3.8) is 0 Å². The van der Waals surface area contributed by atoms with Crippen LogP contribution in [0.3, 0.4) is 0 Å². The van der Waals surface area contributed by atoms with E-state index >= 15 is 0 Å². The third-order valence-electron chi connectivity index (χ3n) is 3.47. The van der Waals surface area contributed by atoms with Crippen molar-refractivity contribution in [2.24, 2.45) is 0 Å². The van der Waals surface area contributed by atoms with Crippen LogP contribution in [-0.4, -0.2) is 12.1 Å². The van der Waals surface area contributed by atoms with Crippen molar-refractivity contribution in [3.8, 4) is 5.75 Å². The molecule has 0 aliphatic rings. The van der Waals surface area contributed by atoms with Crippen molar-refractivity contribution in [2.75, 3.05) is 7.11 Å². The van der Waals surface area contributed by atoms with E-state index in [1.807, 2.05) is 29.8 Å². The Morgan fingerprint density at radius 1 is 1.14 bits per heavy atom. The highest BCUT2D eigenvalue weighted by Gasteiger charge is 2.16. The smallest absolute Gasteiger partial charge is 0.123 e. The van der Waals surface area contributed by atoms with Crippen LogP contribution in [0.15, 0.2) is 53.4 Å². The number of hydrogen-bond donors (Lipinski definition) is 1. The van der Waals surface area contributed by atoms with Crippen LogP contribution < -0.4 is 10.1 Å². The molecule has 0 amide bonds. The van der Waals surface area contributed by atoms with Crippen molar-refractivity contribution >= 4 is 22.7 Å². The summed E-state index contributed by atoms with van der Waals surface area (Å²) in [5, 5.41) is 8.90. The molecule has 0 aliphatic heterocycles. The van der Waals surface area contributed by atoms with Gasteiger partial charge in [0.05, 0.1) is 13.2 Å². The number of rotatable bonds is 7. The summed E-state index contributed by atoms with van der Waals surface area (Å²) in [4.78, 5) is 5.85. The van der Waals surface area contributed by atoms with E-state index in [0.29, 0.717) is 0 Å². The average molecular weight is 330 g/mol. The molecule has 3 aromatic rings.